The van der Waals surface area contributed by atoms with Crippen LogP contribution in [0.3, 0.4) is 0 Å². The zero-order valence-electron chi connectivity index (χ0n) is 34.5. The van der Waals surface area contributed by atoms with Crippen LogP contribution < -0.4 is 32.8 Å². The van der Waals surface area contributed by atoms with E-state index in [1.807, 2.05) is 91.0 Å². The first kappa shape index (κ1) is 39.5. The minimum absolute atomic E-state index is 0.253. The standard InChI is InChI=1S/C55H29B6N3/c56-47-43(49(58)51(60)46-45(47)52(61)50(59)44(48(46)57)42-19-9-15-32-13-6-7-18-41(32)42)37-16-8-17-38(29-37)53-62-54(39-24-20-31-12-4-5-14-33(31)27-39)64-55(63-53)40-25-23-35-26-34(21-22-36(35)28-40)30-10-2-1-3-11-30/h1-29H. The molecule has 9 heteroatoms. The molecule has 0 saturated carbocycles. The predicted molar refractivity (Wildman–Crippen MR) is 275 cm³/mol. The Morgan fingerprint density at radius 2 is 0.703 bits per heavy atom. The van der Waals surface area contributed by atoms with Crippen LogP contribution in [0.25, 0.3) is 111 Å². The van der Waals surface area contributed by atoms with Crippen molar-refractivity contribution < 1.29 is 0 Å². The first-order valence-electron chi connectivity index (χ1n) is 20.9. The average molecular weight is 797 g/mol. The largest absolute Gasteiger partial charge is 0.208 e. The van der Waals surface area contributed by atoms with Gasteiger partial charge in [0.05, 0.1) is 0 Å². The van der Waals surface area contributed by atoms with E-state index < -0.39 is 0 Å². The molecule has 12 radical (unpaired) electrons. The Morgan fingerprint density at radius 1 is 0.266 bits per heavy atom. The summed E-state index contributed by atoms with van der Waals surface area (Å²) < 4.78 is 0. The number of rotatable bonds is 6. The maximum Gasteiger partial charge on any atom is 0.164 e. The monoisotopic (exact) mass is 797 g/mol. The number of hydrogen-bond acceptors (Lipinski definition) is 3. The highest BCUT2D eigenvalue weighted by molar-refractivity contribution is 6.68. The molecule has 0 aliphatic heterocycles. The lowest BCUT2D eigenvalue weighted by molar-refractivity contribution is 1.08. The molecular formula is C55H29B6N3. The number of nitrogens with zero attached hydrogens (tertiary/aromatic N) is 3. The van der Waals surface area contributed by atoms with Crippen molar-refractivity contribution in [2.75, 3.05) is 0 Å². The highest BCUT2D eigenvalue weighted by Gasteiger charge is 2.22. The first-order chi connectivity index (χ1) is 31.2. The minimum Gasteiger partial charge on any atom is -0.208 e. The molecule has 0 bridgehead atoms. The Balaban J connectivity index is 1.06. The second kappa shape index (κ2) is 15.8. The molecule has 10 aromatic carbocycles. The molecule has 11 rings (SSSR count). The Kier molecular flexibility index (Phi) is 9.73. The van der Waals surface area contributed by atoms with Crippen LogP contribution in [0, 0.1) is 0 Å². The van der Waals surface area contributed by atoms with Crippen molar-refractivity contribution in [2.45, 2.75) is 0 Å². The molecule has 282 valence electrons. The minimum atomic E-state index is 0.253. The fourth-order valence-corrected chi connectivity index (χ4v) is 9.05. The van der Waals surface area contributed by atoms with Crippen molar-refractivity contribution in [1.82, 2.24) is 15.0 Å². The van der Waals surface area contributed by atoms with Gasteiger partial charge in [0.25, 0.3) is 0 Å². The van der Waals surface area contributed by atoms with E-state index in [9.17, 15) is 0 Å². The molecule has 1 heterocycles. The van der Waals surface area contributed by atoms with Crippen LogP contribution in [0.2, 0.25) is 0 Å². The molecule has 3 nitrogen and oxygen atoms in total. The van der Waals surface area contributed by atoms with Gasteiger partial charge in [0.2, 0.25) is 0 Å². The number of fused-ring (bicyclic) bond motifs is 4. The van der Waals surface area contributed by atoms with Crippen molar-refractivity contribution in [3.8, 4) is 67.5 Å². The summed E-state index contributed by atoms with van der Waals surface area (Å²) in [6.45, 7) is 0. The van der Waals surface area contributed by atoms with Gasteiger partial charge in [-0.25, -0.2) is 15.0 Å². The van der Waals surface area contributed by atoms with Crippen LogP contribution in [0.5, 0.6) is 0 Å². The summed E-state index contributed by atoms with van der Waals surface area (Å²) in [7, 11) is 41.8. The van der Waals surface area contributed by atoms with Gasteiger partial charge in [0, 0.05) is 16.7 Å². The van der Waals surface area contributed by atoms with E-state index in [0.717, 1.165) is 60.1 Å². The van der Waals surface area contributed by atoms with Gasteiger partial charge >= 0.3 is 0 Å². The van der Waals surface area contributed by atoms with Crippen molar-refractivity contribution in [1.29, 1.82) is 0 Å². The smallest absolute Gasteiger partial charge is 0.164 e. The zero-order valence-corrected chi connectivity index (χ0v) is 34.5. The lowest BCUT2D eigenvalue weighted by Gasteiger charge is -2.26. The van der Waals surface area contributed by atoms with Gasteiger partial charge in [-0.15, -0.1) is 0 Å². The fourth-order valence-electron chi connectivity index (χ4n) is 9.05. The molecule has 0 aliphatic rings. The molecule has 11 aromatic rings. The van der Waals surface area contributed by atoms with E-state index in [2.05, 4.69) is 84.9 Å². The number of hydrogen-bond donors (Lipinski definition) is 0. The van der Waals surface area contributed by atoms with Crippen molar-refractivity contribution in [2.24, 2.45) is 0 Å². The topological polar surface area (TPSA) is 38.7 Å². The van der Waals surface area contributed by atoms with Crippen LogP contribution in [-0.2, 0) is 0 Å². The van der Waals surface area contributed by atoms with Gasteiger partial charge in [0.1, 0.15) is 47.1 Å². The summed E-state index contributed by atoms with van der Waals surface area (Å²) in [5.74, 6) is 1.53. The molecule has 0 unspecified atom stereocenters. The van der Waals surface area contributed by atoms with Crippen molar-refractivity contribution in [3.63, 3.8) is 0 Å². The molecular weight excluding hydrogens is 767 g/mol. The number of aromatic nitrogens is 3. The van der Waals surface area contributed by atoms with Gasteiger partial charge in [-0.2, -0.15) is 0 Å². The second-order valence-electron chi connectivity index (χ2n) is 16.1. The van der Waals surface area contributed by atoms with Gasteiger partial charge in [-0.1, -0.05) is 184 Å². The molecule has 0 saturated heterocycles. The quantitative estimate of drug-likeness (QED) is 0.167. The molecule has 0 aliphatic carbocycles. The summed E-state index contributed by atoms with van der Waals surface area (Å²) in [5.41, 5.74) is 9.08. The summed E-state index contributed by atoms with van der Waals surface area (Å²) in [4.78, 5) is 15.3. The second-order valence-corrected chi connectivity index (χ2v) is 16.1. The van der Waals surface area contributed by atoms with E-state index in [0.29, 0.717) is 66.9 Å². The molecule has 0 spiro atoms. The maximum absolute atomic E-state index is 7.09. The molecule has 0 atom stereocenters. The first-order valence-corrected chi connectivity index (χ1v) is 20.9. The summed E-state index contributed by atoms with van der Waals surface area (Å²) in [6.07, 6.45) is 0. The molecule has 0 amide bonds. The van der Waals surface area contributed by atoms with E-state index in [1.165, 1.54) is 0 Å². The van der Waals surface area contributed by atoms with E-state index in [1.54, 1.807) is 0 Å². The summed E-state index contributed by atoms with van der Waals surface area (Å²) in [5, 5.41) is 7.28. The summed E-state index contributed by atoms with van der Waals surface area (Å²) >= 11 is 0. The predicted octanol–water partition coefficient (Wildman–Crippen LogP) is 7.25. The fraction of sp³-hybridized carbons (Fsp3) is 0. The van der Waals surface area contributed by atoms with Gasteiger partial charge in [-0.05, 0) is 101 Å². The molecule has 1 aromatic heterocycles. The SMILES string of the molecule is [B]c1c(-c2cccc3ccccc23)c([B])c2c([B])c([B])c(-c3cccc(-c4nc(-c5ccc6ccccc6c5)nc(-c5ccc6cc(-c7ccccc7)ccc6c5)n4)c3)c([B])c2c1[B]. The normalized spacial score (nSPS) is 11.5. The van der Waals surface area contributed by atoms with Crippen LogP contribution >= 0.6 is 0 Å². The maximum atomic E-state index is 7.09. The van der Waals surface area contributed by atoms with E-state index in [-0.39, 0.29) is 16.4 Å². The van der Waals surface area contributed by atoms with Crippen molar-refractivity contribution in [3.05, 3.63) is 176 Å². The molecule has 0 fully saturated rings. The van der Waals surface area contributed by atoms with Gasteiger partial charge in [0.15, 0.2) is 17.5 Å². The van der Waals surface area contributed by atoms with Crippen LogP contribution in [-0.4, -0.2) is 62.0 Å². The van der Waals surface area contributed by atoms with Crippen molar-refractivity contribution >= 4 is 123 Å². The Bertz CT molecular complexity index is 3700. The third-order valence-electron chi connectivity index (χ3n) is 12.3. The molecule has 0 N–H and O–H groups in total. The third-order valence-corrected chi connectivity index (χ3v) is 12.3. The number of benzene rings is 10. The van der Waals surface area contributed by atoms with Crippen LogP contribution in [0.1, 0.15) is 0 Å². The highest BCUT2D eigenvalue weighted by Crippen LogP contribution is 2.33. The van der Waals surface area contributed by atoms with E-state index in [4.69, 9.17) is 62.0 Å². The van der Waals surface area contributed by atoms with Gasteiger partial charge < -0.3 is 0 Å². The van der Waals surface area contributed by atoms with Crippen LogP contribution in [0.15, 0.2) is 176 Å². The van der Waals surface area contributed by atoms with Crippen LogP contribution in [0.4, 0.5) is 0 Å². The lowest BCUT2D eigenvalue weighted by atomic mass is 9.60. The Labute approximate surface area is 379 Å². The van der Waals surface area contributed by atoms with Gasteiger partial charge in [-0.3, -0.25) is 0 Å². The Hall–Kier alpha value is -7.36. The average Bonchev–Trinajstić information content (AvgIpc) is 3.34. The molecule has 64 heavy (non-hydrogen) atoms. The van der Waals surface area contributed by atoms with E-state index >= 15 is 0 Å². The zero-order chi connectivity index (χ0) is 43.6. The summed E-state index contributed by atoms with van der Waals surface area (Å²) in [6, 6.07) is 59.3. The lowest BCUT2D eigenvalue weighted by Crippen LogP contribution is -2.44. The Morgan fingerprint density at radius 3 is 1.38 bits per heavy atom. The highest BCUT2D eigenvalue weighted by atomic mass is 15.0. The third kappa shape index (κ3) is 6.66.